The number of rotatable bonds is 6. The predicted molar refractivity (Wildman–Crippen MR) is 151 cm³/mol. The van der Waals surface area contributed by atoms with Crippen molar-refractivity contribution < 1.29 is 17.9 Å². The van der Waals surface area contributed by atoms with Crippen molar-refractivity contribution >= 4 is 50.1 Å². The lowest BCUT2D eigenvalue weighted by atomic mass is 10.0. The molecule has 4 aromatic rings. The maximum Gasteiger partial charge on any atom is 0.254 e. The molecule has 5 rings (SSSR count). The molecule has 1 aliphatic rings. The van der Waals surface area contributed by atoms with E-state index < -0.39 is 10.0 Å². The van der Waals surface area contributed by atoms with Crippen LogP contribution in [-0.4, -0.2) is 74.4 Å². The Hall–Kier alpha value is -3.77. The lowest BCUT2D eigenvalue weighted by molar-refractivity contribution is 0.0664. The number of para-hydroxylation sites is 2. The molecule has 1 aromatic heterocycles. The summed E-state index contributed by atoms with van der Waals surface area (Å²) in [6.07, 6.45) is 0. The molecule has 0 atom stereocenters. The van der Waals surface area contributed by atoms with Crippen LogP contribution in [0, 0.1) is 0 Å². The van der Waals surface area contributed by atoms with E-state index in [0.717, 1.165) is 0 Å². The van der Waals surface area contributed by atoms with Gasteiger partial charge in [-0.1, -0.05) is 29.8 Å². The van der Waals surface area contributed by atoms with Crippen LogP contribution in [0.15, 0.2) is 65.6 Å². The second-order valence-corrected chi connectivity index (χ2v) is 11.1. The molecule has 0 unspecified atom stereocenters. The molecule has 1 saturated heterocycles. The average Bonchev–Trinajstić information content (AvgIpc) is 2.93. The summed E-state index contributed by atoms with van der Waals surface area (Å²) in [5.74, 6) is 0.435. The number of carbonyl (C=O) groups excluding carboxylic acids is 1. The number of amides is 1. The molecule has 39 heavy (non-hydrogen) atoms. The molecule has 1 amide bonds. The van der Waals surface area contributed by atoms with Crippen LogP contribution in [-0.2, 0) is 10.0 Å². The minimum Gasteiger partial charge on any atom is -0.497 e. The highest BCUT2D eigenvalue weighted by Crippen LogP contribution is 2.38. The second kappa shape index (κ2) is 10.8. The Morgan fingerprint density at radius 3 is 2.36 bits per heavy atom. The summed E-state index contributed by atoms with van der Waals surface area (Å²) >= 11 is 6.47. The normalized spacial score (nSPS) is 14.4. The van der Waals surface area contributed by atoms with E-state index in [1.54, 1.807) is 47.4 Å². The molecule has 0 spiro atoms. The Bertz CT molecular complexity index is 1670. The number of hydrogen-bond donors (Lipinski definition) is 2. The number of nitrogens with one attached hydrogen (secondary N) is 1. The van der Waals surface area contributed by atoms with E-state index in [0.29, 0.717) is 53.7 Å². The standard InChI is InChI=1S/C27H27ClN6O4S/c1-33-12-14-34(15-13-33)27(35)18-6-5-9-23(39(29,36)37)24(18)25-26(31-21-8-4-3-7-20(21)30-25)32-22-16-17(38-2)10-11-19(22)28/h3-11,16H,12-15H2,1-2H3,(H,31,32)(H2,29,36,37). The van der Waals surface area contributed by atoms with Crippen molar-refractivity contribution in [2.75, 3.05) is 45.7 Å². The number of nitrogens with two attached hydrogens (primary N) is 1. The minimum absolute atomic E-state index is 0.0729. The quantitative estimate of drug-likeness (QED) is 0.361. The molecule has 12 heteroatoms. The van der Waals surface area contributed by atoms with E-state index >= 15 is 0 Å². The van der Waals surface area contributed by atoms with Gasteiger partial charge in [-0.2, -0.15) is 0 Å². The Morgan fingerprint density at radius 1 is 1.00 bits per heavy atom. The third kappa shape index (κ3) is 5.52. The third-order valence-electron chi connectivity index (χ3n) is 6.59. The lowest BCUT2D eigenvalue weighted by Crippen LogP contribution is -2.47. The van der Waals surface area contributed by atoms with Crippen LogP contribution in [0.25, 0.3) is 22.3 Å². The first kappa shape index (κ1) is 26.8. The number of primary sulfonamides is 1. The zero-order valence-corrected chi connectivity index (χ0v) is 23.0. The van der Waals surface area contributed by atoms with Crippen molar-refractivity contribution in [3.8, 4) is 17.0 Å². The van der Waals surface area contributed by atoms with E-state index in [4.69, 9.17) is 31.4 Å². The number of benzene rings is 3. The zero-order chi connectivity index (χ0) is 27.7. The van der Waals surface area contributed by atoms with Gasteiger partial charge in [0.25, 0.3) is 5.91 Å². The minimum atomic E-state index is -4.26. The van der Waals surface area contributed by atoms with Crippen LogP contribution >= 0.6 is 11.6 Å². The van der Waals surface area contributed by atoms with Crippen LogP contribution in [0.4, 0.5) is 11.5 Å². The largest absolute Gasteiger partial charge is 0.497 e. The highest BCUT2D eigenvalue weighted by molar-refractivity contribution is 7.89. The Labute approximate surface area is 231 Å². The zero-order valence-electron chi connectivity index (χ0n) is 21.4. The predicted octanol–water partition coefficient (Wildman–Crippen LogP) is 3.74. The van der Waals surface area contributed by atoms with Gasteiger partial charge in [0.05, 0.1) is 39.3 Å². The van der Waals surface area contributed by atoms with Gasteiger partial charge in [0.15, 0.2) is 5.82 Å². The summed E-state index contributed by atoms with van der Waals surface area (Å²) in [7, 11) is -0.738. The molecule has 2 heterocycles. The fourth-order valence-electron chi connectivity index (χ4n) is 4.49. The van der Waals surface area contributed by atoms with Gasteiger partial charge in [0, 0.05) is 37.8 Å². The average molecular weight is 567 g/mol. The summed E-state index contributed by atoms with van der Waals surface area (Å²) in [6.45, 7) is 2.41. The highest BCUT2D eigenvalue weighted by atomic mass is 35.5. The van der Waals surface area contributed by atoms with Crippen molar-refractivity contribution in [3.05, 3.63) is 71.2 Å². The molecule has 3 aromatic carbocycles. The summed E-state index contributed by atoms with van der Waals surface area (Å²) in [4.78, 5) is 27.0. The first-order chi connectivity index (χ1) is 18.7. The number of anilines is 2. The first-order valence-corrected chi connectivity index (χ1v) is 14.1. The number of aromatic nitrogens is 2. The van der Waals surface area contributed by atoms with Gasteiger partial charge in [0.1, 0.15) is 11.4 Å². The SMILES string of the molecule is COc1ccc(Cl)c(Nc2nc3ccccc3nc2-c2c(C(=O)N3CCN(C)CC3)cccc2S(N)(=O)=O)c1. The van der Waals surface area contributed by atoms with Gasteiger partial charge in [0.2, 0.25) is 10.0 Å². The van der Waals surface area contributed by atoms with E-state index in [-0.39, 0.29) is 33.4 Å². The molecule has 0 radical (unpaired) electrons. The van der Waals surface area contributed by atoms with Gasteiger partial charge in [-0.25, -0.2) is 23.5 Å². The van der Waals surface area contributed by atoms with Gasteiger partial charge in [-0.3, -0.25) is 4.79 Å². The Morgan fingerprint density at radius 2 is 1.69 bits per heavy atom. The van der Waals surface area contributed by atoms with Gasteiger partial charge >= 0.3 is 0 Å². The van der Waals surface area contributed by atoms with Crippen molar-refractivity contribution in [1.29, 1.82) is 0 Å². The Balaban J connectivity index is 1.76. The fourth-order valence-corrected chi connectivity index (χ4v) is 5.41. The molecular weight excluding hydrogens is 540 g/mol. The smallest absolute Gasteiger partial charge is 0.254 e. The molecular formula is C27H27ClN6O4S. The monoisotopic (exact) mass is 566 g/mol. The fraction of sp³-hybridized carbons (Fsp3) is 0.222. The number of carbonyl (C=O) groups is 1. The number of piperazine rings is 1. The van der Waals surface area contributed by atoms with Crippen molar-refractivity contribution in [3.63, 3.8) is 0 Å². The molecule has 0 aliphatic carbocycles. The number of fused-ring (bicyclic) bond motifs is 1. The van der Waals surface area contributed by atoms with E-state index in [1.165, 1.54) is 19.2 Å². The number of nitrogens with zero attached hydrogens (tertiary/aromatic N) is 4. The molecule has 3 N–H and O–H groups in total. The molecule has 202 valence electrons. The van der Waals surface area contributed by atoms with Gasteiger partial charge < -0.3 is 19.9 Å². The summed E-state index contributed by atoms with van der Waals surface area (Å²) in [5.41, 5.74) is 1.91. The van der Waals surface area contributed by atoms with Crippen molar-refractivity contribution in [2.45, 2.75) is 4.90 Å². The maximum absolute atomic E-state index is 13.8. The second-order valence-electron chi connectivity index (χ2n) is 9.20. The van der Waals surface area contributed by atoms with Gasteiger partial charge in [-0.05, 0) is 43.4 Å². The van der Waals surface area contributed by atoms with E-state index in [1.807, 2.05) is 13.1 Å². The summed E-state index contributed by atoms with van der Waals surface area (Å²) in [5, 5.41) is 9.24. The van der Waals surface area contributed by atoms with E-state index in [2.05, 4.69) is 10.2 Å². The molecule has 0 saturated carbocycles. The van der Waals surface area contributed by atoms with Crippen LogP contribution in [0.5, 0.6) is 5.75 Å². The molecule has 0 bridgehead atoms. The number of sulfonamides is 1. The topological polar surface area (TPSA) is 131 Å². The molecule has 1 fully saturated rings. The van der Waals surface area contributed by atoms with Crippen LogP contribution < -0.4 is 15.2 Å². The number of halogens is 1. The highest BCUT2D eigenvalue weighted by Gasteiger charge is 2.29. The maximum atomic E-state index is 13.8. The number of ether oxygens (including phenoxy) is 1. The van der Waals surface area contributed by atoms with Gasteiger partial charge in [-0.15, -0.1) is 0 Å². The van der Waals surface area contributed by atoms with Crippen molar-refractivity contribution in [1.82, 2.24) is 19.8 Å². The van der Waals surface area contributed by atoms with Crippen molar-refractivity contribution in [2.24, 2.45) is 5.14 Å². The number of hydrogen-bond acceptors (Lipinski definition) is 8. The van der Waals surface area contributed by atoms with E-state index in [9.17, 15) is 13.2 Å². The lowest BCUT2D eigenvalue weighted by Gasteiger charge is -2.33. The summed E-state index contributed by atoms with van der Waals surface area (Å²) < 4.78 is 31.0. The molecule has 10 nitrogen and oxygen atoms in total. The van der Waals surface area contributed by atoms with Crippen LogP contribution in [0.1, 0.15) is 10.4 Å². The number of likely N-dealkylation sites (N-methyl/N-ethyl adjacent to an activating group) is 1. The summed E-state index contributed by atoms with van der Waals surface area (Å²) in [6, 6.07) is 16.7. The number of methoxy groups -OCH3 is 1. The van der Waals surface area contributed by atoms with Crippen LogP contribution in [0.2, 0.25) is 5.02 Å². The van der Waals surface area contributed by atoms with Crippen LogP contribution in [0.3, 0.4) is 0 Å². The Kier molecular flexibility index (Phi) is 7.41. The first-order valence-electron chi connectivity index (χ1n) is 12.2. The third-order valence-corrected chi connectivity index (χ3v) is 7.87. The molecule has 1 aliphatic heterocycles.